The number of carboxylic acid groups (broad SMARTS) is 1. The number of quaternary nitrogens is 1. The van der Waals surface area contributed by atoms with Crippen LogP contribution in [0.1, 0.15) is 17.5 Å². The van der Waals surface area contributed by atoms with Gasteiger partial charge >= 0.3 is 0 Å². The zero-order valence-electron chi connectivity index (χ0n) is 11.5. The van der Waals surface area contributed by atoms with Crippen LogP contribution in [0.15, 0.2) is 0 Å². The van der Waals surface area contributed by atoms with Gasteiger partial charge in [0.2, 0.25) is 0 Å². The highest BCUT2D eigenvalue weighted by Gasteiger charge is 2.22. The summed E-state index contributed by atoms with van der Waals surface area (Å²) < 4.78 is 22.1. The van der Waals surface area contributed by atoms with Gasteiger partial charge in [0.25, 0.3) is 0 Å². The van der Waals surface area contributed by atoms with Crippen molar-refractivity contribution < 1.29 is 28.4 Å². The number of rotatable bonds is 6. The van der Waals surface area contributed by atoms with Gasteiger partial charge in [0.05, 0.1) is 18.2 Å². The molecule has 1 atom stereocenters. The SMILES string of the molecule is [2H]C([2H])([C@]([2H])(O)CC(=O)[O-])[N+](C)(C)CC(C)=O. The predicted molar refractivity (Wildman–Crippen MR) is 48.2 cm³/mol. The third-order valence-electron chi connectivity index (χ3n) is 1.36. The van der Waals surface area contributed by atoms with E-state index in [0.717, 1.165) is 0 Å². The molecule has 5 heteroatoms. The Morgan fingerprint density at radius 3 is 2.50 bits per heavy atom. The van der Waals surface area contributed by atoms with Crippen LogP contribution in [-0.2, 0) is 9.59 Å². The fourth-order valence-corrected chi connectivity index (χ4v) is 1.12. The van der Waals surface area contributed by atoms with Gasteiger partial charge in [-0.2, -0.15) is 0 Å². The topological polar surface area (TPSA) is 77.4 Å². The smallest absolute Gasteiger partial charge is 0.183 e. The van der Waals surface area contributed by atoms with E-state index in [4.69, 9.17) is 4.11 Å². The number of carbonyl (C=O) groups excluding carboxylic acids is 2. The first kappa shape index (κ1) is 8.38. The van der Waals surface area contributed by atoms with Crippen LogP contribution in [0.2, 0.25) is 0 Å². The Balaban J connectivity index is 5.22. The summed E-state index contributed by atoms with van der Waals surface area (Å²) in [6, 6.07) is 0. The van der Waals surface area contributed by atoms with Crippen molar-refractivity contribution in [3.05, 3.63) is 0 Å². The molecule has 0 saturated heterocycles. The molecule has 1 N–H and O–H groups in total. The average molecular weight is 206 g/mol. The lowest BCUT2D eigenvalue weighted by Crippen LogP contribution is -2.49. The maximum Gasteiger partial charge on any atom is 0.183 e. The molecule has 0 amide bonds. The average Bonchev–Trinajstić information content (AvgIpc) is 1.97. The highest BCUT2D eigenvalue weighted by Crippen LogP contribution is 2.02. The summed E-state index contributed by atoms with van der Waals surface area (Å²) in [6.07, 6.45) is -4.04. The molecule has 0 heterocycles. The van der Waals surface area contributed by atoms with Crippen LogP contribution < -0.4 is 5.11 Å². The molecule has 82 valence electrons. The van der Waals surface area contributed by atoms with Gasteiger partial charge in [0, 0.05) is 19.3 Å². The first-order chi connectivity index (χ1) is 7.33. The highest BCUT2D eigenvalue weighted by molar-refractivity contribution is 5.76. The third-order valence-corrected chi connectivity index (χ3v) is 1.36. The molecular formula is C9H17NO4. The molecule has 14 heavy (non-hydrogen) atoms. The number of aliphatic carboxylic acids is 1. The number of likely N-dealkylation sites (N-methyl/N-ethyl adjacent to an activating group) is 1. The molecule has 0 aliphatic heterocycles. The van der Waals surface area contributed by atoms with Crippen molar-refractivity contribution in [3.8, 4) is 0 Å². The third kappa shape index (κ3) is 6.56. The fourth-order valence-electron chi connectivity index (χ4n) is 1.12. The van der Waals surface area contributed by atoms with Gasteiger partial charge in [-0.25, -0.2) is 0 Å². The van der Waals surface area contributed by atoms with Gasteiger partial charge in [-0.1, -0.05) is 0 Å². The van der Waals surface area contributed by atoms with E-state index < -0.39 is 29.5 Å². The van der Waals surface area contributed by atoms with Crippen molar-refractivity contribution in [3.63, 3.8) is 0 Å². The number of hydrogen-bond acceptors (Lipinski definition) is 4. The minimum Gasteiger partial charge on any atom is -0.550 e. The normalized spacial score (nSPS) is 20.1. The summed E-state index contributed by atoms with van der Waals surface area (Å²) in [6.45, 7) is -1.64. The molecule has 0 fully saturated rings. The molecule has 0 radical (unpaired) electrons. The second kappa shape index (κ2) is 5.07. The first-order valence-corrected chi connectivity index (χ1v) is 4.08. The molecular weight excluding hydrogens is 186 g/mol. The Kier molecular flexibility index (Phi) is 3.03. The van der Waals surface area contributed by atoms with Crippen LogP contribution in [0.3, 0.4) is 0 Å². The zero-order valence-corrected chi connectivity index (χ0v) is 8.53. The summed E-state index contributed by atoms with van der Waals surface area (Å²) in [5.41, 5.74) is 0. The van der Waals surface area contributed by atoms with Crippen LogP contribution >= 0.6 is 0 Å². The largest absolute Gasteiger partial charge is 0.550 e. The van der Waals surface area contributed by atoms with Crippen molar-refractivity contribution in [2.24, 2.45) is 0 Å². The highest BCUT2D eigenvalue weighted by atomic mass is 16.4. The van der Waals surface area contributed by atoms with E-state index in [-0.39, 0.29) is 12.3 Å². The van der Waals surface area contributed by atoms with Gasteiger partial charge < -0.3 is 19.5 Å². The molecule has 0 spiro atoms. The van der Waals surface area contributed by atoms with E-state index in [1.807, 2.05) is 0 Å². The fraction of sp³-hybridized carbons (Fsp3) is 0.778. The quantitative estimate of drug-likeness (QED) is 0.518. The lowest BCUT2D eigenvalue weighted by Gasteiger charge is -2.30. The summed E-state index contributed by atoms with van der Waals surface area (Å²) in [7, 11) is 2.60. The second-order valence-electron chi connectivity index (χ2n) is 3.65. The molecule has 0 unspecified atom stereocenters. The number of carboxylic acids is 1. The summed E-state index contributed by atoms with van der Waals surface area (Å²) in [4.78, 5) is 21.4. The van der Waals surface area contributed by atoms with Gasteiger partial charge in [-0.15, -0.1) is 0 Å². The molecule has 0 saturated carbocycles. The van der Waals surface area contributed by atoms with Crippen molar-refractivity contribution in [2.45, 2.75) is 19.4 Å². The van der Waals surface area contributed by atoms with Gasteiger partial charge in [0.1, 0.15) is 19.1 Å². The van der Waals surface area contributed by atoms with Gasteiger partial charge in [-0.05, 0) is 0 Å². The lowest BCUT2D eigenvalue weighted by molar-refractivity contribution is -0.885. The second-order valence-corrected chi connectivity index (χ2v) is 3.65. The number of Topliss-reactive ketones (excluding diaryl/α,β-unsaturated/α-hetero) is 1. The Morgan fingerprint density at radius 2 is 2.14 bits per heavy atom. The zero-order chi connectivity index (χ0) is 14.1. The number of nitrogens with zero attached hydrogens (tertiary/aromatic N) is 1. The number of hydrogen-bond donors (Lipinski definition) is 1. The molecule has 0 rings (SSSR count). The van der Waals surface area contributed by atoms with E-state index in [1.54, 1.807) is 0 Å². The van der Waals surface area contributed by atoms with Crippen LogP contribution in [0.5, 0.6) is 0 Å². The predicted octanol–water partition coefficient (Wildman–Crippen LogP) is -1.85. The standard InChI is InChI=1S/C9H17NO4/c1-7(11)5-10(2,3)6-8(12)4-9(13)14/h8,12H,4-6H2,1-3H3/t8-/m1/s1/i6D2,8D. The van der Waals surface area contributed by atoms with E-state index >= 15 is 0 Å². The van der Waals surface area contributed by atoms with E-state index in [1.165, 1.54) is 21.0 Å². The molecule has 0 aromatic carbocycles. The minimum atomic E-state index is -2.87. The Morgan fingerprint density at radius 1 is 1.64 bits per heavy atom. The van der Waals surface area contributed by atoms with E-state index in [2.05, 4.69) is 0 Å². The van der Waals surface area contributed by atoms with Crippen LogP contribution in [0.4, 0.5) is 0 Å². The molecule has 0 bridgehead atoms. The molecule has 0 aromatic rings. The Bertz CT molecular complexity index is 298. The Hall–Kier alpha value is -0.940. The maximum atomic E-state index is 11.0. The lowest BCUT2D eigenvalue weighted by atomic mass is 10.2. The van der Waals surface area contributed by atoms with Crippen molar-refractivity contribution in [1.29, 1.82) is 0 Å². The van der Waals surface area contributed by atoms with Gasteiger partial charge in [0.15, 0.2) is 5.78 Å². The van der Waals surface area contributed by atoms with Crippen LogP contribution in [0.25, 0.3) is 0 Å². The summed E-state index contributed by atoms with van der Waals surface area (Å²) >= 11 is 0. The van der Waals surface area contributed by atoms with Gasteiger partial charge in [-0.3, -0.25) is 4.79 Å². The van der Waals surface area contributed by atoms with Crippen LogP contribution in [0, 0.1) is 0 Å². The molecule has 0 aliphatic rings. The first-order valence-electron chi connectivity index (χ1n) is 5.58. The maximum absolute atomic E-state index is 11.0. The number of carbonyl (C=O) groups is 2. The summed E-state index contributed by atoms with van der Waals surface area (Å²) in [5.74, 6) is -2.06. The summed E-state index contributed by atoms with van der Waals surface area (Å²) in [5, 5.41) is 20.0. The molecule has 5 nitrogen and oxygen atoms in total. The van der Waals surface area contributed by atoms with E-state index in [9.17, 15) is 19.8 Å². The van der Waals surface area contributed by atoms with Crippen molar-refractivity contribution >= 4 is 11.8 Å². The number of ketones is 1. The monoisotopic (exact) mass is 206 g/mol. The minimum absolute atomic E-state index is 0.263. The van der Waals surface area contributed by atoms with E-state index in [0.29, 0.717) is 0 Å². The molecule has 0 aromatic heterocycles. The van der Waals surface area contributed by atoms with Crippen LogP contribution in [-0.4, -0.2) is 54.6 Å². The molecule has 0 aliphatic carbocycles. The van der Waals surface area contributed by atoms with Crippen molar-refractivity contribution in [2.75, 3.05) is 27.1 Å². The number of aliphatic hydroxyl groups is 1. The Labute approximate surface area is 87.8 Å². The van der Waals surface area contributed by atoms with Crippen molar-refractivity contribution in [1.82, 2.24) is 0 Å².